The van der Waals surface area contributed by atoms with E-state index in [9.17, 15) is 18.0 Å². The van der Waals surface area contributed by atoms with Crippen molar-refractivity contribution in [3.63, 3.8) is 0 Å². The maximum absolute atomic E-state index is 13.1. The summed E-state index contributed by atoms with van der Waals surface area (Å²) < 4.78 is 37.7. The van der Waals surface area contributed by atoms with E-state index in [0.717, 1.165) is 4.31 Å². The van der Waals surface area contributed by atoms with Crippen molar-refractivity contribution < 1.29 is 27.5 Å². The average molecular weight is 461 g/mol. The molecule has 0 spiro atoms. The SMILES string of the molecule is CCOC(=O)[C@@H]1CCCN(C(=O)c2ccc(S(=O)(=O)N(C)c3ccccc3OC)cc2)C1. The molecule has 0 bridgehead atoms. The van der Waals surface area contributed by atoms with Crippen molar-refractivity contribution in [3.05, 3.63) is 54.1 Å². The normalized spacial score (nSPS) is 16.3. The zero-order valence-corrected chi connectivity index (χ0v) is 19.3. The van der Waals surface area contributed by atoms with Gasteiger partial charge in [0.05, 0.1) is 30.2 Å². The number of hydrogen-bond donors (Lipinski definition) is 0. The number of anilines is 1. The highest BCUT2D eigenvalue weighted by atomic mass is 32.2. The molecule has 0 N–H and O–H groups in total. The van der Waals surface area contributed by atoms with Crippen molar-refractivity contribution in [1.29, 1.82) is 0 Å². The average Bonchev–Trinajstić information content (AvgIpc) is 2.83. The van der Waals surface area contributed by atoms with Gasteiger partial charge in [0.1, 0.15) is 5.75 Å². The summed E-state index contributed by atoms with van der Waals surface area (Å²) in [6, 6.07) is 12.7. The molecule has 1 aliphatic rings. The second-order valence-corrected chi connectivity index (χ2v) is 9.48. The van der Waals surface area contributed by atoms with Gasteiger partial charge in [0.25, 0.3) is 15.9 Å². The van der Waals surface area contributed by atoms with Crippen LogP contribution in [0.25, 0.3) is 0 Å². The molecule has 9 heteroatoms. The first-order valence-electron chi connectivity index (χ1n) is 10.5. The van der Waals surface area contributed by atoms with E-state index in [1.807, 2.05) is 0 Å². The number of carbonyl (C=O) groups is 2. The minimum absolute atomic E-state index is 0.0606. The van der Waals surface area contributed by atoms with Crippen LogP contribution in [0.5, 0.6) is 5.75 Å². The van der Waals surface area contributed by atoms with Gasteiger partial charge in [-0.3, -0.25) is 13.9 Å². The fourth-order valence-electron chi connectivity index (χ4n) is 3.74. The molecule has 32 heavy (non-hydrogen) atoms. The molecule has 1 amide bonds. The van der Waals surface area contributed by atoms with Gasteiger partial charge in [-0.1, -0.05) is 12.1 Å². The highest BCUT2D eigenvalue weighted by Gasteiger charge is 2.30. The molecular formula is C23H28N2O6S. The number of likely N-dealkylation sites (tertiary alicyclic amines) is 1. The van der Waals surface area contributed by atoms with Gasteiger partial charge in [-0.05, 0) is 56.2 Å². The number of benzene rings is 2. The lowest BCUT2D eigenvalue weighted by atomic mass is 9.97. The van der Waals surface area contributed by atoms with Crippen molar-refractivity contribution in [3.8, 4) is 5.75 Å². The molecule has 1 aliphatic heterocycles. The van der Waals surface area contributed by atoms with Crippen LogP contribution in [0.15, 0.2) is 53.4 Å². The van der Waals surface area contributed by atoms with E-state index in [-0.39, 0.29) is 22.7 Å². The maximum Gasteiger partial charge on any atom is 0.310 e. The number of piperidine rings is 1. The van der Waals surface area contributed by atoms with E-state index in [1.165, 1.54) is 38.4 Å². The number of amides is 1. The lowest BCUT2D eigenvalue weighted by Crippen LogP contribution is -2.42. The summed E-state index contributed by atoms with van der Waals surface area (Å²) in [7, 11) is -0.918. The Bertz CT molecular complexity index is 1070. The van der Waals surface area contributed by atoms with Crippen molar-refractivity contribution in [2.45, 2.75) is 24.7 Å². The molecule has 0 radical (unpaired) electrons. The number of sulfonamides is 1. The zero-order valence-electron chi connectivity index (χ0n) is 18.5. The number of esters is 1. The molecule has 1 atom stereocenters. The topological polar surface area (TPSA) is 93.2 Å². The summed E-state index contributed by atoms with van der Waals surface area (Å²) in [5.74, 6) is -0.416. The van der Waals surface area contributed by atoms with Gasteiger partial charge in [0.15, 0.2) is 0 Å². The Morgan fingerprint density at radius 3 is 2.47 bits per heavy atom. The van der Waals surface area contributed by atoms with Gasteiger partial charge >= 0.3 is 5.97 Å². The Balaban J connectivity index is 1.76. The largest absolute Gasteiger partial charge is 0.495 e. The molecule has 0 unspecified atom stereocenters. The molecule has 2 aromatic carbocycles. The first-order chi connectivity index (χ1) is 15.3. The molecule has 1 heterocycles. The van der Waals surface area contributed by atoms with E-state index in [4.69, 9.17) is 9.47 Å². The first-order valence-corrected chi connectivity index (χ1v) is 11.9. The second kappa shape index (κ2) is 10.0. The molecule has 0 aliphatic carbocycles. The fourth-order valence-corrected chi connectivity index (χ4v) is 4.95. The standard InChI is InChI=1S/C23H28N2O6S/c1-4-31-23(27)18-8-7-15-25(16-18)22(26)17-11-13-19(14-12-17)32(28,29)24(2)20-9-5-6-10-21(20)30-3/h5-6,9-14,18H,4,7-8,15-16H2,1-3H3/t18-/m1/s1. The van der Waals surface area contributed by atoms with Crippen LogP contribution in [0, 0.1) is 5.92 Å². The first kappa shape index (κ1) is 23.6. The van der Waals surface area contributed by atoms with E-state index < -0.39 is 10.0 Å². The van der Waals surface area contributed by atoms with Gasteiger partial charge in [0, 0.05) is 25.7 Å². The van der Waals surface area contributed by atoms with Crippen LogP contribution in [0.2, 0.25) is 0 Å². The Morgan fingerprint density at radius 1 is 1.12 bits per heavy atom. The second-order valence-electron chi connectivity index (χ2n) is 7.51. The highest BCUT2D eigenvalue weighted by molar-refractivity contribution is 7.92. The molecule has 0 saturated carbocycles. The smallest absolute Gasteiger partial charge is 0.310 e. The van der Waals surface area contributed by atoms with Gasteiger partial charge in [-0.25, -0.2) is 8.42 Å². The summed E-state index contributed by atoms with van der Waals surface area (Å²) in [6.07, 6.45) is 1.40. The lowest BCUT2D eigenvalue weighted by molar-refractivity contribution is -0.149. The van der Waals surface area contributed by atoms with Crippen LogP contribution in [-0.2, 0) is 19.6 Å². The monoisotopic (exact) mass is 460 g/mol. The number of hydrogen-bond acceptors (Lipinski definition) is 6. The van der Waals surface area contributed by atoms with Crippen LogP contribution in [-0.4, -0.2) is 59.0 Å². The minimum atomic E-state index is -3.85. The highest BCUT2D eigenvalue weighted by Crippen LogP contribution is 2.31. The van der Waals surface area contributed by atoms with Crippen LogP contribution in [0.4, 0.5) is 5.69 Å². The van der Waals surface area contributed by atoms with E-state index in [2.05, 4.69) is 0 Å². The molecule has 1 fully saturated rings. The molecule has 2 aromatic rings. The third-order valence-corrected chi connectivity index (χ3v) is 7.30. The maximum atomic E-state index is 13.1. The Labute approximate surface area is 188 Å². The third kappa shape index (κ3) is 4.88. The van der Waals surface area contributed by atoms with E-state index in [0.29, 0.717) is 49.5 Å². The summed E-state index contributed by atoms with van der Waals surface area (Å²) in [4.78, 5) is 26.6. The number of para-hydroxylation sites is 2. The summed E-state index contributed by atoms with van der Waals surface area (Å²) >= 11 is 0. The molecule has 172 valence electrons. The molecular weight excluding hydrogens is 432 g/mol. The van der Waals surface area contributed by atoms with Crippen LogP contribution in [0.1, 0.15) is 30.1 Å². The van der Waals surface area contributed by atoms with Crippen LogP contribution in [0.3, 0.4) is 0 Å². The van der Waals surface area contributed by atoms with Gasteiger partial charge in [-0.2, -0.15) is 0 Å². The van der Waals surface area contributed by atoms with Crippen molar-refractivity contribution in [2.24, 2.45) is 5.92 Å². The number of ether oxygens (including phenoxy) is 2. The summed E-state index contributed by atoms with van der Waals surface area (Å²) in [6.45, 7) is 2.91. The Morgan fingerprint density at radius 2 is 1.81 bits per heavy atom. The number of nitrogens with zero attached hydrogens (tertiary/aromatic N) is 2. The summed E-state index contributed by atoms with van der Waals surface area (Å²) in [5.41, 5.74) is 0.780. The Hall–Kier alpha value is -3.07. The van der Waals surface area contributed by atoms with Crippen molar-refractivity contribution in [2.75, 3.05) is 38.2 Å². The predicted octanol–water partition coefficient (Wildman–Crippen LogP) is 2.94. The fraction of sp³-hybridized carbons (Fsp3) is 0.391. The van der Waals surface area contributed by atoms with Gasteiger partial charge < -0.3 is 14.4 Å². The summed E-state index contributed by atoms with van der Waals surface area (Å²) in [5, 5.41) is 0. The minimum Gasteiger partial charge on any atom is -0.495 e. The molecule has 0 aromatic heterocycles. The zero-order chi connectivity index (χ0) is 23.3. The van der Waals surface area contributed by atoms with Crippen molar-refractivity contribution in [1.82, 2.24) is 4.90 Å². The third-order valence-electron chi connectivity index (χ3n) is 5.51. The van der Waals surface area contributed by atoms with Crippen molar-refractivity contribution >= 4 is 27.6 Å². The number of carbonyl (C=O) groups excluding carboxylic acids is 2. The predicted molar refractivity (Wildman–Crippen MR) is 120 cm³/mol. The molecule has 3 rings (SSSR count). The number of rotatable bonds is 7. The van der Waals surface area contributed by atoms with Crippen LogP contribution < -0.4 is 9.04 Å². The lowest BCUT2D eigenvalue weighted by Gasteiger charge is -2.31. The van der Waals surface area contributed by atoms with Crippen LogP contribution >= 0.6 is 0 Å². The number of methoxy groups -OCH3 is 1. The molecule has 1 saturated heterocycles. The molecule has 8 nitrogen and oxygen atoms in total. The van der Waals surface area contributed by atoms with Gasteiger partial charge in [-0.15, -0.1) is 0 Å². The van der Waals surface area contributed by atoms with E-state index in [1.54, 1.807) is 36.1 Å². The van der Waals surface area contributed by atoms with Gasteiger partial charge in [0.2, 0.25) is 0 Å². The van der Waals surface area contributed by atoms with E-state index >= 15 is 0 Å². The quantitative estimate of drug-likeness (QED) is 0.590. The Kier molecular flexibility index (Phi) is 7.40.